The quantitative estimate of drug-likeness (QED) is 0.125. The zero-order valence-electron chi connectivity index (χ0n) is 27.0. The number of hydrogen-bond acceptors (Lipinski definition) is 12. The van der Waals surface area contributed by atoms with Crippen molar-refractivity contribution < 1.29 is 39.5 Å². The summed E-state index contributed by atoms with van der Waals surface area (Å²) in [7, 11) is 0. The summed E-state index contributed by atoms with van der Waals surface area (Å²) in [6, 6.07) is 0.554. The second kappa shape index (κ2) is 21.3. The van der Waals surface area contributed by atoms with Crippen molar-refractivity contribution in [1.82, 2.24) is 19.6 Å². The highest BCUT2D eigenvalue weighted by Crippen LogP contribution is 2.15. The van der Waals surface area contributed by atoms with E-state index < -0.39 is 24.4 Å². The Hall–Kier alpha value is -1.38. The van der Waals surface area contributed by atoms with Gasteiger partial charge in [-0.1, -0.05) is 0 Å². The number of aliphatic hydroxyl groups excluding tert-OH is 4. The number of carbonyl (C=O) groups excluding carboxylic acids is 2. The van der Waals surface area contributed by atoms with Crippen LogP contribution in [0.2, 0.25) is 0 Å². The number of rotatable bonds is 22. The summed E-state index contributed by atoms with van der Waals surface area (Å²) < 4.78 is 11.0. The summed E-state index contributed by atoms with van der Waals surface area (Å²) in [6.07, 6.45) is -0.148. The van der Waals surface area contributed by atoms with Gasteiger partial charge < -0.3 is 29.9 Å². The minimum Gasteiger partial charge on any atom is -0.464 e. The monoisotopic (exact) mass is 604 g/mol. The fourth-order valence-electron chi connectivity index (χ4n) is 5.49. The Kier molecular flexibility index (Phi) is 19.6. The van der Waals surface area contributed by atoms with Crippen LogP contribution < -0.4 is 0 Å². The van der Waals surface area contributed by atoms with Crippen LogP contribution in [-0.4, -0.2) is 167 Å². The maximum Gasteiger partial charge on any atom is 0.305 e. The Morgan fingerprint density at radius 1 is 0.667 bits per heavy atom. The van der Waals surface area contributed by atoms with E-state index in [0.717, 1.165) is 13.1 Å². The lowest BCUT2D eigenvalue weighted by Gasteiger charge is -2.44. The molecule has 1 aliphatic heterocycles. The first-order valence-corrected chi connectivity index (χ1v) is 15.7. The molecule has 4 N–H and O–H groups in total. The number of hydrogen-bond donors (Lipinski definition) is 4. The first-order valence-electron chi connectivity index (χ1n) is 15.7. The average molecular weight is 605 g/mol. The molecule has 1 fully saturated rings. The van der Waals surface area contributed by atoms with E-state index >= 15 is 0 Å². The van der Waals surface area contributed by atoms with E-state index in [1.807, 2.05) is 9.80 Å². The molecule has 1 saturated heterocycles. The second-order valence-electron chi connectivity index (χ2n) is 12.3. The molecule has 12 nitrogen and oxygen atoms in total. The summed E-state index contributed by atoms with van der Waals surface area (Å²) in [5.74, 6) is -0.465. The smallest absolute Gasteiger partial charge is 0.305 e. The fourth-order valence-corrected chi connectivity index (χ4v) is 5.49. The lowest BCUT2D eigenvalue weighted by molar-refractivity contribution is -0.146. The van der Waals surface area contributed by atoms with Crippen molar-refractivity contribution in [2.75, 3.05) is 78.7 Å². The highest BCUT2D eigenvalue weighted by Gasteiger charge is 2.29. The van der Waals surface area contributed by atoms with Gasteiger partial charge in [0, 0.05) is 77.3 Å². The molecule has 248 valence electrons. The average Bonchev–Trinajstić information content (AvgIpc) is 2.85. The van der Waals surface area contributed by atoms with Gasteiger partial charge >= 0.3 is 11.9 Å². The maximum atomic E-state index is 12.2. The van der Waals surface area contributed by atoms with Crippen molar-refractivity contribution in [2.45, 2.75) is 104 Å². The Morgan fingerprint density at radius 3 is 1.26 bits per heavy atom. The normalized spacial score (nSPS) is 21.3. The molecule has 0 aliphatic carbocycles. The highest BCUT2D eigenvalue weighted by molar-refractivity contribution is 5.69. The SMILES string of the molecule is CC(O)CN(CCCC(=O)OCCN1CC(C)N(CCOC(=O)CCCN(CC(C)O)CC(C)O)CC1C)CC(C)O. The number of piperazine rings is 1. The van der Waals surface area contributed by atoms with Crippen molar-refractivity contribution in [2.24, 2.45) is 0 Å². The molecule has 0 aromatic rings. The van der Waals surface area contributed by atoms with Gasteiger partial charge in [0.05, 0.1) is 24.4 Å². The van der Waals surface area contributed by atoms with Gasteiger partial charge in [-0.05, 0) is 67.5 Å². The van der Waals surface area contributed by atoms with Crippen molar-refractivity contribution >= 4 is 11.9 Å². The van der Waals surface area contributed by atoms with Crippen molar-refractivity contribution in [3.63, 3.8) is 0 Å². The van der Waals surface area contributed by atoms with Gasteiger partial charge in [0.15, 0.2) is 0 Å². The van der Waals surface area contributed by atoms with E-state index in [9.17, 15) is 30.0 Å². The molecule has 6 unspecified atom stereocenters. The molecule has 0 amide bonds. The van der Waals surface area contributed by atoms with Crippen molar-refractivity contribution in [3.8, 4) is 0 Å². The lowest BCUT2D eigenvalue weighted by Crippen LogP contribution is -2.57. The van der Waals surface area contributed by atoms with Gasteiger partial charge in [-0.15, -0.1) is 0 Å². The number of esters is 2. The summed E-state index contributed by atoms with van der Waals surface area (Å²) in [5, 5.41) is 38.5. The zero-order valence-corrected chi connectivity index (χ0v) is 27.0. The third kappa shape index (κ3) is 18.3. The molecular weight excluding hydrogens is 544 g/mol. The molecular formula is C30H60N4O8. The molecule has 12 heteroatoms. The Morgan fingerprint density at radius 2 is 0.976 bits per heavy atom. The largest absolute Gasteiger partial charge is 0.464 e. The Balaban J connectivity index is 2.26. The van der Waals surface area contributed by atoms with Crippen LogP contribution in [0.3, 0.4) is 0 Å². The molecule has 0 spiro atoms. The van der Waals surface area contributed by atoms with E-state index in [-0.39, 0.29) is 24.0 Å². The standard InChI is InChI=1S/C30H60N4O8/c1-23-17-34(14-16-42-30(40)10-8-12-32(21-27(5)37)22-28(6)38)24(2)18-33(23)13-15-41-29(39)9-7-11-31(19-25(3)35)20-26(4)36/h23-28,35-38H,7-22H2,1-6H3. The Labute approximate surface area is 253 Å². The zero-order chi connectivity index (χ0) is 31.7. The van der Waals surface area contributed by atoms with Crippen LogP contribution in [0.25, 0.3) is 0 Å². The number of carbonyl (C=O) groups is 2. The first kappa shape index (κ1) is 38.6. The van der Waals surface area contributed by atoms with Crippen molar-refractivity contribution in [3.05, 3.63) is 0 Å². The molecule has 0 aromatic carbocycles. The minimum absolute atomic E-state index is 0.233. The predicted octanol–water partition coefficient (Wildman–Crippen LogP) is 0.155. The van der Waals surface area contributed by atoms with Gasteiger partial charge in [-0.3, -0.25) is 29.2 Å². The second-order valence-corrected chi connectivity index (χ2v) is 12.3. The molecule has 0 saturated carbocycles. The molecule has 0 radical (unpaired) electrons. The number of aliphatic hydroxyl groups is 4. The summed E-state index contributed by atoms with van der Waals surface area (Å²) in [6.45, 7) is 17.9. The molecule has 1 aliphatic rings. The minimum atomic E-state index is -0.493. The molecule has 1 heterocycles. The van der Waals surface area contributed by atoms with Crippen LogP contribution in [-0.2, 0) is 19.1 Å². The van der Waals surface area contributed by atoms with Crippen LogP contribution in [0.15, 0.2) is 0 Å². The van der Waals surface area contributed by atoms with Gasteiger partial charge in [0.2, 0.25) is 0 Å². The van der Waals surface area contributed by atoms with Crippen LogP contribution in [0.5, 0.6) is 0 Å². The van der Waals surface area contributed by atoms with Crippen LogP contribution >= 0.6 is 0 Å². The first-order chi connectivity index (χ1) is 19.8. The summed E-state index contributed by atoms with van der Waals surface area (Å²) in [4.78, 5) is 33.0. The van der Waals surface area contributed by atoms with Gasteiger partial charge in [-0.25, -0.2) is 0 Å². The molecule has 0 bridgehead atoms. The van der Waals surface area contributed by atoms with Gasteiger partial charge in [0.25, 0.3) is 0 Å². The fraction of sp³-hybridized carbons (Fsp3) is 0.933. The highest BCUT2D eigenvalue weighted by atomic mass is 16.5. The van der Waals surface area contributed by atoms with Gasteiger partial charge in [0.1, 0.15) is 13.2 Å². The Bertz CT molecular complexity index is 660. The molecule has 42 heavy (non-hydrogen) atoms. The summed E-state index contributed by atoms with van der Waals surface area (Å²) in [5.41, 5.74) is 0. The maximum absolute atomic E-state index is 12.2. The van der Waals surface area contributed by atoms with E-state index in [1.54, 1.807) is 27.7 Å². The van der Waals surface area contributed by atoms with Crippen molar-refractivity contribution in [1.29, 1.82) is 0 Å². The molecule has 0 aromatic heterocycles. The summed E-state index contributed by atoms with van der Waals surface area (Å²) >= 11 is 0. The lowest BCUT2D eigenvalue weighted by atomic mass is 10.1. The predicted molar refractivity (Wildman–Crippen MR) is 162 cm³/mol. The van der Waals surface area contributed by atoms with E-state index in [4.69, 9.17) is 9.47 Å². The van der Waals surface area contributed by atoms with Crippen LogP contribution in [0.4, 0.5) is 0 Å². The van der Waals surface area contributed by atoms with Gasteiger partial charge in [-0.2, -0.15) is 0 Å². The van der Waals surface area contributed by atoms with Crippen LogP contribution in [0.1, 0.15) is 67.2 Å². The third-order valence-electron chi connectivity index (χ3n) is 7.33. The molecule has 6 atom stereocenters. The topological polar surface area (TPSA) is 146 Å². The number of ether oxygens (including phenoxy) is 2. The molecule has 1 rings (SSSR count). The third-order valence-corrected chi connectivity index (χ3v) is 7.33. The van der Waals surface area contributed by atoms with E-state index in [2.05, 4.69) is 23.6 Å². The van der Waals surface area contributed by atoms with E-state index in [1.165, 1.54) is 0 Å². The van der Waals surface area contributed by atoms with E-state index in [0.29, 0.717) is 91.3 Å². The number of nitrogens with zero attached hydrogens (tertiary/aromatic N) is 4. The van der Waals surface area contributed by atoms with Crippen LogP contribution in [0, 0.1) is 0 Å².